The van der Waals surface area contributed by atoms with Crippen molar-refractivity contribution in [2.45, 2.75) is 12.0 Å². The van der Waals surface area contributed by atoms with Crippen LogP contribution >= 0.6 is 11.6 Å². The lowest BCUT2D eigenvalue weighted by Gasteiger charge is -2.24. The first kappa shape index (κ1) is 15.8. The molecule has 0 aliphatic carbocycles. The molecule has 3 N–H and O–H groups in total. The summed E-state index contributed by atoms with van der Waals surface area (Å²) >= 11 is 5.92. The Morgan fingerprint density at radius 2 is 1.43 bits per heavy atom. The van der Waals surface area contributed by atoms with Gasteiger partial charge in [0.1, 0.15) is 17.5 Å². The van der Waals surface area contributed by atoms with E-state index in [2.05, 4.69) is 0 Å². The van der Waals surface area contributed by atoms with Gasteiger partial charge in [0.2, 0.25) is 0 Å². The fourth-order valence-corrected chi connectivity index (χ4v) is 2.57. The SMILES string of the molecule is NCC(c1c(F)cccc1Cl)C(O)c1c(F)cccc1F. The summed E-state index contributed by atoms with van der Waals surface area (Å²) in [5.74, 6) is -3.60. The summed E-state index contributed by atoms with van der Waals surface area (Å²) in [6.45, 7) is -0.227. The van der Waals surface area contributed by atoms with Gasteiger partial charge in [-0.2, -0.15) is 0 Å². The van der Waals surface area contributed by atoms with E-state index in [-0.39, 0.29) is 17.1 Å². The molecular weight excluding hydrogens is 303 g/mol. The van der Waals surface area contributed by atoms with Gasteiger partial charge in [-0.1, -0.05) is 23.7 Å². The highest BCUT2D eigenvalue weighted by Crippen LogP contribution is 2.37. The Bertz CT molecular complexity index is 610. The molecule has 6 heteroatoms. The van der Waals surface area contributed by atoms with E-state index < -0.39 is 35.0 Å². The maximum atomic E-state index is 13.9. The number of aliphatic hydroxyl groups is 1. The van der Waals surface area contributed by atoms with E-state index >= 15 is 0 Å². The third-order valence-electron chi connectivity index (χ3n) is 3.30. The number of aliphatic hydroxyl groups excluding tert-OH is 1. The molecule has 0 aromatic heterocycles. The number of benzene rings is 2. The van der Waals surface area contributed by atoms with Crippen LogP contribution in [0.4, 0.5) is 13.2 Å². The van der Waals surface area contributed by atoms with Gasteiger partial charge in [-0.15, -0.1) is 0 Å². The smallest absolute Gasteiger partial charge is 0.131 e. The van der Waals surface area contributed by atoms with Gasteiger partial charge in [0.25, 0.3) is 0 Å². The fourth-order valence-electron chi connectivity index (χ4n) is 2.26. The molecule has 2 rings (SSSR count). The van der Waals surface area contributed by atoms with E-state index in [9.17, 15) is 18.3 Å². The average molecular weight is 316 g/mol. The van der Waals surface area contributed by atoms with Crippen molar-refractivity contribution in [3.05, 3.63) is 70.0 Å². The summed E-state index contributed by atoms with van der Waals surface area (Å²) in [5.41, 5.74) is 4.94. The van der Waals surface area contributed by atoms with Crippen molar-refractivity contribution in [2.24, 2.45) is 5.73 Å². The van der Waals surface area contributed by atoms with Crippen LogP contribution in [0, 0.1) is 17.5 Å². The second-order valence-electron chi connectivity index (χ2n) is 4.56. The van der Waals surface area contributed by atoms with Gasteiger partial charge in [-0.25, -0.2) is 13.2 Å². The van der Waals surface area contributed by atoms with Gasteiger partial charge >= 0.3 is 0 Å². The molecule has 2 atom stereocenters. The maximum absolute atomic E-state index is 13.9. The summed E-state index contributed by atoms with van der Waals surface area (Å²) in [6.07, 6.45) is -1.65. The quantitative estimate of drug-likeness (QED) is 0.906. The van der Waals surface area contributed by atoms with Gasteiger partial charge in [-0.3, -0.25) is 0 Å². The summed E-state index contributed by atoms with van der Waals surface area (Å²) in [6, 6.07) is 7.16. The molecule has 0 amide bonds. The van der Waals surface area contributed by atoms with E-state index in [1.54, 1.807) is 0 Å². The topological polar surface area (TPSA) is 46.2 Å². The maximum Gasteiger partial charge on any atom is 0.131 e. The summed E-state index contributed by atoms with van der Waals surface area (Å²) in [4.78, 5) is 0. The van der Waals surface area contributed by atoms with Crippen molar-refractivity contribution in [1.82, 2.24) is 0 Å². The lowest BCUT2D eigenvalue weighted by atomic mass is 9.88. The molecule has 0 fully saturated rings. The van der Waals surface area contributed by atoms with Crippen LogP contribution < -0.4 is 5.73 Å². The Balaban J connectivity index is 2.51. The highest BCUT2D eigenvalue weighted by molar-refractivity contribution is 6.31. The van der Waals surface area contributed by atoms with Crippen LogP contribution in [0.25, 0.3) is 0 Å². The van der Waals surface area contributed by atoms with Crippen LogP contribution in [-0.2, 0) is 0 Å². The Hall–Kier alpha value is -1.56. The van der Waals surface area contributed by atoms with Crippen LogP contribution in [-0.4, -0.2) is 11.7 Å². The minimum atomic E-state index is -1.65. The molecule has 0 saturated heterocycles. The van der Waals surface area contributed by atoms with Crippen molar-refractivity contribution in [2.75, 3.05) is 6.54 Å². The molecule has 0 radical (unpaired) electrons. The predicted octanol–water partition coefficient (Wildman–Crippen LogP) is 3.53. The third kappa shape index (κ3) is 3.05. The standard InChI is InChI=1S/C15H13ClF3NO/c16-9-3-1-4-10(17)13(9)8(7-20)15(21)14-11(18)5-2-6-12(14)19/h1-6,8,15,21H,7,20H2. The van der Waals surface area contributed by atoms with E-state index in [1.165, 1.54) is 18.2 Å². The van der Waals surface area contributed by atoms with Crippen molar-refractivity contribution in [3.8, 4) is 0 Å². The molecule has 2 aromatic rings. The first-order chi connectivity index (χ1) is 9.97. The largest absolute Gasteiger partial charge is 0.387 e. The van der Waals surface area contributed by atoms with E-state index in [0.29, 0.717) is 0 Å². The normalized spacial score (nSPS) is 14.0. The fraction of sp³-hybridized carbons (Fsp3) is 0.200. The van der Waals surface area contributed by atoms with Crippen molar-refractivity contribution in [1.29, 1.82) is 0 Å². The van der Waals surface area contributed by atoms with E-state index in [1.807, 2.05) is 0 Å². The molecule has 2 unspecified atom stereocenters. The van der Waals surface area contributed by atoms with Crippen LogP contribution in [0.3, 0.4) is 0 Å². The van der Waals surface area contributed by atoms with Crippen LogP contribution in [0.2, 0.25) is 5.02 Å². The Morgan fingerprint density at radius 1 is 0.952 bits per heavy atom. The Labute approximate surface area is 125 Å². The number of rotatable bonds is 4. The lowest BCUT2D eigenvalue weighted by Crippen LogP contribution is -2.23. The number of hydrogen-bond acceptors (Lipinski definition) is 2. The highest BCUT2D eigenvalue weighted by atomic mass is 35.5. The number of nitrogens with two attached hydrogens (primary N) is 1. The van der Waals surface area contributed by atoms with Crippen LogP contribution in [0.5, 0.6) is 0 Å². The van der Waals surface area contributed by atoms with E-state index in [0.717, 1.165) is 18.2 Å². The molecule has 0 aliphatic heterocycles. The lowest BCUT2D eigenvalue weighted by molar-refractivity contribution is 0.137. The van der Waals surface area contributed by atoms with Crippen LogP contribution in [0.1, 0.15) is 23.1 Å². The third-order valence-corrected chi connectivity index (χ3v) is 3.63. The van der Waals surface area contributed by atoms with Gasteiger partial charge in [0.15, 0.2) is 0 Å². The van der Waals surface area contributed by atoms with Gasteiger partial charge in [-0.05, 0) is 24.3 Å². The molecule has 0 heterocycles. The Morgan fingerprint density at radius 3 is 1.90 bits per heavy atom. The number of hydrogen-bond donors (Lipinski definition) is 2. The second-order valence-corrected chi connectivity index (χ2v) is 4.96. The Kier molecular flexibility index (Phi) is 4.88. The van der Waals surface area contributed by atoms with Gasteiger partial charge in [0.05, 0.1) is 11.7 Å². The molecular formula is C15H13ClF3NO. The molecule has 2 nitrogen and oxygen atoms in total. The van der Waals surface area contributed by atoms with Crippen molar-refractivity contribution >= 4 is 11.6 Å². The number of halogens is 4. The van der Waals surface area contributed by atoms with Crippen molar-refractivity contribution in [3.63, 3.8) is 0 Å². The average Bonchev–Trinajstić information content (AvgIpc) is 2.42. The van der Waals surface area contributed by atoms with Crippen LogP contribution in [0.15, 0.2) is 36.4 Å². The monoisotopic (exact) mass is 315 g/mol. The minimum absolute atomic E-state index is 0.0428. The first-order valence-electron chi connectivity index (χ1n) is 6.23. The van der Waals surface area contributed by atoms with Gasteiger partial charge in [0, 0.05) is 23.0 Å². The molecule has 0 bridgehead atoms. The zero-order valence-electron chi connectivity index (χ0n) is 10.9. The highest BCUT2D eigenvalue weighted by Gasteiger charge is 2.30. The summed E-state index contributed by atoms with van der Waals surface area (Å²) in [7, 11) is 0. The molecule has 21 heavy (non-hydrogen) atoms. The molecule has 0 spiro atoms. The van der Waals surface area contributed by atoms with Crippen molar-refractivity contribution < 1.29 is 18.3 Å². The summed E-state index contributed by atoms with van der Waals surface area (Å²) < 4.78 is 41.4. The second kappa shape index (κ2) is 6.47. The predicted molar refractivity (Wildman–Crippen MR) is 74.5 cm³/mol. The van der Waals surface area contributed by atoms with E-state index in [4.69, 9.17) is 17.3 Å². The first-order valence-corrected chi connectivity index (χ1v) is 6.61. The molecule has 2 aromatic carbocycles. The zero-order chi connectivity index (χ0) is 15.6. The summed E-state index contributed by atoms with van der Waals surface area (Å²) in [5, 5.41) is 10.3. The molecule has 112 valence electrons. The molecule has 0 saturated carbocycles. The van der Waals surface area contributed by atoms with Gasteiger partial charge < -0.3 is 10.8 Å². The zero-order valence-corrected chi connectivity index (χ0v) is 11.6. The minimum Gasteiger partial charge on any atom is -0.387 e. The molecule has 0 aliphatic rings.